The van der Waals surface area contributed by atoms with Crippen molar-refractivity contribution >= 4 is 40.2 Å². The zero-order valence-electron chi connectivity index (χ0n) is 87.0. The number of aliphatic hydroxyl groups excluding tert-OH is 4. The van der Waals surface area contributed by atoms with E-state index in [2.05, 4.69) is 269 Å². The lowest BCUT2D eigenvalue weighted by atomic mass is 9.61. The van der Waals surface area contributed by atoms with Crippen molar-refractivity contribution in [2.75, 3.05) is 26.0 Å². The van der Waals surface area contributed by atoms with E-state index in [1.54, 1.807) is 11.1 Å². The molecule has 0 amide bonds. The third kappa shape index (κ3) is 24.5. The molecule has 9 unspecified atom stereocenters. The van der Waals surface area contributed by atoms with Crippen LogP contribution >= 0.6 is 7.14 Å². The van der Waals surface area contributed by atoms with Gasteiger partial charge in [0.25, 0.3) is 0 Å². The lowest BCUT2D eigenvalue weighted by Crippen LogP contribution is -2.58. The van der Waals surface area contributed by atoms with E-state index in [0.29, 0.717) is 132 Å². The van der Waals surface area contributed by atoms with Crippen molar-refractivity contribution in [2.45, 2.75) is 415 Å². The Bertz CT molecular complexity index is 4170. The Kier molecular flexibility index (Phi) is 35.8. The van der Waals surface area contributed by atoms with Crippen molar-refractivity contribution < 1.29 is 52.8 Å². The topological polar surface area (TPSA) is 171 Å². The Morgan fingerprint density at radius 3 is 1.05 bits per heavy atom. The second kappa shape index (κ2) is 43.7. The molecule has 131 heavy (non-hydrogen) atoms. The van der Waals surface area contributed by atoms with Crippen molar-refractivity contribution in [1.82, 2.24) is 0 Å². The number of allylic oxidation sites excluding steroid dienone is 18. The number of hydrogen-bond donors (Lipinski definition) is 4. The first-order valence-electron chi connectivity index (χ1n) is 52.7. The van der Waals surface area contributed by atoms with Gasteiger partial charge < -0.3 is 48.1 Å². The van der Waals surface area contributed by atoms with Crippen molar-refractivity contribution in [3.8, 4) is 0 Å². The molecular weight excluding hydrogens is 1670 g/mol. The summed E-state index contributed by atoms with van der Waals surface area (Å²) in [5.41, 5.74) is 5.76. The van der Waals surface area contributed by atoms with E-state index in [1.165, 1.54) is 116 Å². The second-order valence-corrected chi connectivity index (χ2v) is 60.9. The molecule has 2 aromatic carbocycles. The van der Waals surface area contributed by atoms with Crippen LogP contribution in [0.15, 0.2) is 180 Å². The summed E-state index contributed by atoms with van der Waals surface area (Å²) >= 11 is 0. The van der Waals surface area contributed by atoms with Gasteiger partial charge in [0.05, 0.1) is 56.4 Å². The summed E-state index contributed by atoms with van der Waals surface area (Å²) in [4.78, 5) is 12.3. The highest BCUT2D eigenvalue weighted by molar-refractivity contribution is 7.78. The molecule has 9 aliphatic carbocycles. The molecule has 3 heterocycles. The number of carbonyl (C=O) groups is 1. The van der Waals surface area contributed by atoms with Gasteiger partial charge >= 0.3 is 0 Å². The lowest BCUT2D eigenvalue weighted by Gasteiger charge is -2.49. The number of rotatable bonds is 29. The Balaban J connectivity index is 0.000000171. The van der Waals surface area contributed by atoms with E-state index in [9.17, 15) is 29.8 Å². The van der Waals surface area contributed by atoms with Gasteiger partial charge in [0.15, 0.2) is 16.6 Å². The third-order valence-corrected chi connectivity index (χ3v) is 50.4. The minimum absolute atomic E-state index is 0.00902. The van der Waals surface area contributed by atoms with Gasteiger partial charge in [0, 0.05) is 29.1 Å². The van der Waals surface area contributed by atoms with Gasteiger partial charge in [-0.15, -0.1) is 0 Å². The molecule has 3 spiro atoms. The molecule has 3 saturated heterocycles. The fourth-order valence-electron chi connectivity index (χ4n) is 25.0. The van der Waals surface area contributed by atoms with Gasteiger partial charge in [-0.3, -0.25) is 4.79 Å². The van der Waals surface area contributed by atoms with Crippen LogP contribution in [0.25, 0.3) is 0 Å². The van der Waals surface area contributed by atoms with Gasteiger partial charge in [-0.05, 0) is 295 Å². The number of benzene rings is 2. The van der Waals surface area contributed by atoms with Gasteiger partial charge in [-0.2, -0.15) is 0 Å². The Morgan fingerprint density at radius 1 is 0.443 bits per heavy atom. The Labute approximate surface area is 800 Å². The van der Waals surface area contributed by atoms with Crippen LogP contribution in [-0.4, -0.2) is 122 Å². The normalized spacial score (nSPS) is 34.9. The summed E-state index contributed by atoms with van der Waals surface area (Å²) in [6, 6.07) is 20.2. The van der Waals surface area contributed by atoms with Gasteiger partial charge in [-0.1, -0.05) is 326 Å². The molecule has 0 bridgehead atoms. The molecule has 12 fully saturated rings. The largest absolute Gasteiger partial charge is 0.411 e. The van der Waals surface area contributed by atoms with E-state index in [1.807, 2.05) is 60.7 Å². The molecule has 2 aromatic rings. The highest BCUT2D eigenvalue weighted by atomic mass is 31.2. The number of epoxide rings is 3. The standard InChI is InChI=1S/C33H53O4PSi2.2C31H48O3.C22H36O/c1-31(2,3)39(7,8)36-29-23-26(24-30(33(29)25-35-33)37-40(9,10)32(4,5)6)21-22-38(34,27-17-13-11-14-18-27)28-19-15-12-16-20-28;2*1-6-29(4,7-2)17-9-8-11-22(3)25-15-16-26-24(12-10-18-30(25,26)5)14-13-23-19-27(32)31(21-34-31)28(33)20-23;1-6-21(4,7-2)15-9-8-11-17(3)18-13-14-19-20(23)12-10-16-22(18,19)5/h11-20,26,29-30H,21-25H2,1-10H3;2*8-9,11,13-14,17,22,25-28,32-33H,6-7,10,12,15-16,18-21H2,1-5H3;8-9,11,15,17-19H,6-7,10,12-14,16H2,1-5H3/b;2*11-8+,17-9+,23-13?,24-14+;11-8+,15-9+/t26?,29-,30-,33?;2*22-,25?,26?,27-,28-,30?,31?;17-,18?,19?,22?/m1111/s1. The van der Waals surface area contributed by atoms with E-state index in [0.717, 1.165) is 72.1 Å². The summed E-state index contributed by atoms with van der Waals surface area (Å²) in [6.45, 7) is 60.2. The monoisotopic (exact) mass is 1850 g/mol. The first kappa shape index (κ1) is 107. The van der Waals surface area contributed by atoms with Crippen LogP contribution in [0.3, 0.4) is 0 Å². The molecule has 3 aliphatic heterocycles. The van der Waals surface area contributed by atoms with Crippen molar-refractivity contribution in [2.24, 2.45) is 91.7 Å². The van der Waals surface area contributed by atoms with Gasteiger partial charge in [-0.25, -0.2) is 0 Å². The molecule has 14 heteroatoms. The van der Waals surface area contributed by atoms with Gasteiger partial charge in [0.1, 0.15) is 29.7 Å². The molecule has 18 atom stereocenters. The van der Waals surface area contributed by atoms with Crippen LogP contribution in [0, 0.1) is 91.7 Å². The highest BCUT2D eigenvalue weighted by Gasteiger charge is 2.66. The van der Waals surface area contributed by atoms with Gasteiger partial charge in [0.2, 0.25) is 0 Å². The first-order valence-corrected chi connectivity index (χ1v) is 60.4. The maximum absolute atomic E-state index is 14.8. The lowest BCUT2D eigenvalue weighted by molar-refractivity contribution is -0.129. The molecule has 0 radical (unpaired) electrons. The Morgan fingerprint density at radius 2 is 0.748 bits per heavy atom. The van der Waals surface area contributed by atoms with Crippen molar-refractivity contribution in [3.63, 3.8) is 0 Å². The number of aliphatic hydroxyl groups is 4. The van der Waals surface area contributed by atoms with Crippen LogP contribution in [0.2, 0.25) is 36.3 Å². The number of ether oxygens (including phenoxy) is 3. The summed E-state index contributed by atoms with van der Waals surface area (Å²) in [6.07, 6.45) is 66.1. The number of carbonyl (C=O) groups excluding carboxylic acids is 1. The fourth-order valence-corrected chi connectivity index (χ4v) is 30.6. The average Bonchev–Trinajstić information content (AvgIpc) is 1.57. The van der Waals surface area contributed by atoms with Crippen LogP contribution in [0.4, 0.5) is 0 Å². The zero-order valence-corrected chi connectivity index (χ0v) is 89.9. The minimum atomic E-state index is -2.78. The van der Waals surface area contributed by atoms with Crippen molar-refractivity contribution in [3.05, 3.63) is 180 Å². The summed E-state index contributed by atoms with van der Waals surface area (Å²) < 4.78 is 46.3. The number of ketones is 1. The maximum atomic E-state index is 14.8. The molecule has 11 nitrogen and oxygen atoms in total. The number of hydrogen-bond acceptors (Lipinski definition) is 11. The van der Waals surface area contributed by atoms with E-state index < -0.39 is 59.4 Å². The maximum Gasteiger partial charge on any atom is 0.192 e. The summed E-state index contributed by atoms with van der Waals surface area (Å²) in [7, 11) is -6.86. The molecule has 9 saturated carbocycles. The predicted octanol–water partition coefficient (Wildman–Crippen LogP) is 28.5. The molecule has 12 aliphatic rings. The fraction of sp³-hybridized carbons (Fsp3) is 0.718. The highest BCUT2D eigenvalue weighted by Crippen LogP contribution is 2.63. The van der Waals surface area contributed by atoms with Crippen LogP contribution in [0.5, 0.6) is 0 Å². The molecule has 4 N–H and O–H groups in total. The molecular formula is C117H185O11PSi2. The second-order valence-electron chi connectivity index (χ2n) is 48.4. The molecule has 14 rings (SSSR count). The Hall–Kier alpha value is -4.19. The summed E-state index contributed by atoms with van der Waals surface area (Å²) in [5.74, 6) is 6.44. The van der Waals surface area contributed by atoms with E-state index >= 15 is 0 Å². The molecule has 732 valence electrons. The SMILES string of the molecule is CC(C)(C)[Si](C)(C)O[C@@H]1CC(CCP(=O)(c2ccccc2)c2ccccc2)C[C@@H](O[Si](C)(C)C(C)(C)C)C12CO2.CCC(C)(/C=C/C=C/[C@@H](C)C1CCC2/C(=C/C=C3C[C@@H](O)C4(CO4)[C@H](O)C3)CCCC21C)CC.CCC(C)(/C=C/C=C/[C@@H](C)C1CCC2/C(=C/C=C3C[C@@H](O)C4(CO4)[C@H](O)C3)CCCC21C)CC.CCC(C)(/C=C/C=C/[C@@H](C)C1CCC2C(=O)CCCC21C)CC. The molecule has 0 aromatic heterocycles. The quantitative estimate of drug-likeness (QED) is 0.0264. The van der Waals surface area contributed by atoms with Crippen LogP contribution < -0.4 is 10.6 Å². The smallest absolute Gasteiger partial charge is 0.192 e. The van der Waals surface area contributed by atoms with E-state index in [4.69, 9.17) is 23.1 Å². The first-order chi connectivity index (χ1) is 61.6. The average molecular weight is 1850 g/mol. The van der Waals surface area contributed by atoms with E-state index in [-0.39, 0.29) is 33.3 Å². The zero-order chi connectivity index (χ0) is 95.8. The predicted molar refractivity (Wildman–Crippen MR) is 555 cm³/mol. The summed E-state index contributed by atoms with van der Waals surface area (Å²) in [5, 5.41) is 44.0. The number of fused-ring (bicyclic) bond motifs is 3. The van der Waals surface area contributed by atoms with Crippen LogP contribution in [-0.2, 0) is 32.4 Å². The minimum Gasteiger partial charge on any atom is -0.411 e. The van der Waals surface area contributed by atoms with Crippen LogP contribution in [0.1, 0.15) is 325 Å². The third-order valence-electron chi connectivity index (χ3n) is 38.3. The van der Waals surface area contributed by atoms with Crippen molar-refractivity contribution in [1.29, 1.82) is 0 Å². The number of Topliss-reactive ketones (excluding diaryl/α,β-unsaturated/α-hetero) is 1.